The number of hydrogen-bond acceptors (Lipinski definition) is 5. The van der Waals surface area contributed by atoms with Gasteiger partial charge in [-0.2, -0.15) is 0 Å². The van der Waals surface area contributed by atoms with Gasteiger partial charge in [-0.05, 0) is 56.2 Å². The van der Waals surface area contributed by atoms with Crippen molar-refractivity contribution in [2.45, 2.75) is 33.6 Å². The summed E-state index contributed by atoms with van der Waals surface area (Å²) in [6.45, 7) is 12.7. The van der Waals surface area contributed by atoms with E-state index in [2.05, 4.69) is 53.9 Å². The van der Waals surface area contributed by atoms with Crippen molar-refractivity contribution in [3.63, 3.8) is 0 Å². The molecule has 31 heavy (non-hydrogen) atoms. The molecule has 4 rings (SSSR count). The van der Waals surface area contributed by atoms with Crippen molar-refractivity contribution in [1.82, 2.24) is 20.0 Å². The molecule has 0 radical (unpaired) electrons. The fourth-order valence-corrected chi connectivity index (χ4v) is 5.10. The zero-order valence-corrected chi connectivity index (χ0v) is 19.2. The topological polar surface area (TPSA) is 45.4 Å². The van der Waals surface area contributed by atoms with Gasteiger partial charge in [0.25, 0.3) is 5.89 Å². The lowest BCUT2D eigenvalue weighted by Gasteiger charge is -2.41. The molecule has 0 N–H and O–H groups in total. The number of nitrogens with zero attached hydrogens (tertiary/aromatic N) is 4. The van der Waals surface area contributed by atoms with Gasteiger partial charge in [-0.1, -0.05) is 37.6 Å². The molecule has 3 atom stereocenters. The zero-order chi connectivity index (χ0) is 22.0. The third kappa shape index (κ3) is 5.24. The Bertz CT molecular complexity index is 900. The predicted octanol–water partition coefficient (Wildman–Crippen LogP) is 4.52. The monoisotopic (exact) mass is 426 g/mol. The Morgan fingerprint density at radius 1 is 1.13 bits per heavy atom. The number of likely N-dealkylation sites (N-methyl/N-ethyl adjacent to an activating group) is 1. The molecule has 1 aromatic heterocycles. The molecule has 2 aromatic rings. The van der Waals surface area contributed by atoms with Gasteiger partial charge < -0.3 is 14.2 Å². The molecule has 2 heterocycles. The highest BCUT2D eigenvalue weighted by Gasteiger charge is 2.33. The van der Waals surface area contributed by atoms with Gasteiger partial charge in [0.05, 0.1) is 5.56 Å². The summed E-state index contributed by atoms with van der Waals surface area (Å²) in [6, 6.07) is 6.54. The molecule has 0 unspecified atom stereocenters. The van der Waals surface area contributed by atoms with Crippen molar-refractivity contribution in [2.75, 3.05) is 39.8 Å². The van der Waals surface area contributed by atoms with Gasteiger partial charge >= 0.3 is 0 Å². The summed E-state index contributed by atoms with van der Waals surface area (Å²) in [7, 11) is 2.21. The summed E-state index contributed by atoms with van der Waals surface area (Å²) in [4.78, 5) is 5.04. The van der Waals surface area contributed by atoms with Crippen LogP contribution in [-0.2, 0) is 6.42 Å². The fourth-order valence-electron chi connectivity index (χ4n) is 5.10. The lowest BCUT2D eigenvalue weighted by Crippen LogP contribution is -2.47. The number of halogens is 1. The molecular weight excluding hydrogens is 391 g/mol. The van der Waals surface area contributed by atoms with Crippen LogP contribution in [0.3, 0.4) is 0 Å². The van der Waals surface area contributed by atoms with Crippen LogP contribution in [0.15, 0.2) is 40.3 Å². The van der Waals surface area contributed by atoms with E-state index in [1.54, 1.807) is 18.2 Å². The normalized spacial score (nSPS) is 25.7. The summed E-state index contributed by atoms with van der Waals surface area (Å²) in [5.74, 6) is 2.78. The van der Waals surface area contributed by atoms with E-state index in [0.29, 0.717) is 41.5 Å². The predicted molar refractivity (Wildman–Crippen MR) is 121 cm³/mol. The Morgan fingerprint density at radius 2 is 1.87 bits per heavy atom. The second-order valence-corrected chi connectivity index (χ2v) is 9.70. The van der Waals surface area contributed by atoms with Crippen LogP contribution in [0.2, 0.25) is 0 Å². The molecule has 2 aliphatic rings. The lowest BCUT2D eigenvalue weighted by atomic mass is 9.69. The maximum Gasteiger partial charge on any atom is 0.250 e. The van der Waals surface area contributed by atoms with Crippen molar-refractivity contribution >= 4 is 0 Å². The van der Waals surface area contributed by atoms with E-state index in [4.69, 9.17) is 4.42 Å². The second-order valence-electron chi connectivity index (χ2n) is 9.70. The number of rotatable bonds is 6. The van der Waals surface area contributed by atoms with E-state index >= 15 is 0 Å². The van der Waals surface area contributed by atoms with Crippen molar-refractivity contribution in [3.8, 4) is 11.5 Å². The van der Waals surface area contributed by atoms with E-state index in [-0.39, 0.29) is 11.7 Å². The standard InChI is InChI=1S/C25H35FN4O/c1-17(2)22-14-19(18(3)13-20(22)16-30-11-9-29(4)10-12-30)15-24-27-28-25(31-24)21-7-5-6-8-23(21)26/h5-8,13,17,19-20,22H,9-12,14-16H2,1-4H3/t19-,20-,22-/m0/s1. The molecule has 5 nitrogen and oxygen atoms in total. The van der Waals surface area contributed by atoms with Crippen molar-refractivity contribution in [1.29, 1.82) is 0 Å². The molecule has 168 valence electrons. The number of piperazine rings is 1. The van der Waals surface area contributed by atoms with E-state index in [1.807, 2.05) is 0 Å². The Hall–Kier alpha value is -2.05. The van der Waals surface area contributed by atoms with Gasteiger partial charge in [0.15, 0.2) is 0 Å². The van der Waals surface area contributed by atoms with Crippen LogP contribution in [0, 0.1) is 29.5 Å². The van der Waals surface area contributed by atoms with Crippen LogP contribution in [-0.4, -0.2) is 59.8 Å². The van der Waals surface area contributed by atoms with Crippen LogP contribution < -0.4 is 0 Å². The van der Waals surface area contributed by atoms with E-state index < -0.39 is 0 Å². The van der Waals surface area contributed by atoms with Crippen LogP contribution in [0.5, 0.6) is 0 Å². The molecule has 1 saturated heterocycles. The van der Waals surface area contributed by atoms with Crippen molar-refractivity contribution < 1.29 is 8.81 Å². The van der Waals surface area contributed by atoms with Crippen molar-refractivity contribution in [2.24, 2.45) is 23.7 Å². The second kappa shape index (κ2) is 9.61. The van der Waals surface area contributed by atoms with Gasteiger partial charge in [-0.25, -0.2) is 4.39 Å². The number of hydrogen-bond donors (Lipinski definition) is 0. The first-order valence-electron chi connectivity index (χ1n) is 11.6. The first-order chi connectivity index (χ1) is 14.9. The van der Waals surface area contributed by atoms with E-state index in [1.165, 1.54) is 11.6 Å². The maximum atomic E-state index is 14.1. The molecular formula is C25H35FN4O. The quantitative estimate of drug-likeness (QED) is 0.636. The Labute approximate surface area is 185 Å². The average molecular weight is 427 g/mol. The Kier molecular flexibility index (Phi) is 6.87. The zero-order valence-electron chi connectivity index (χ0n) is 19.2. The molecule has 1 aliphatic carbocycles. The highest BCUT2D eigenvalue weighted by atomic mass is 19.1. The molecule has 0 spiro atoms. The largest absolute Gasteiger partial charge is 0.421 e. The summed E-state index contributed by atoms with van der Waals surface area (Å²) >= 11 is 0. The smallest absolute Gasteiger partial charge is 0.250 e. The molecule has 1 aliphatic heterocycles. The molecule has 0 amide bonds. The third-order valence-corrected chi connectivity index (χ3v) is 7.14. The first kappa shape index (κ1) is 22.2. The van der Waals surface area contributed by atoms with Crippen molar-refractivity contribution in [3.05, 3.63) is 47.6 Å². The minimum absolute atomic E-state index is 0.263. The van der Waals surface area contributed by atoms with Crippen LogP contribution in [0.1, 0.15) is 33.1 Å². The molecule has 0 bridgehead atoms. The maximum absolute atomic E-state index is 14.1. The van der Waals surface area contributed by atoms with Crippen LogP contribution >= 0.6 is 0 Å². The minimum atomic E-state index is -0.335. The number of aromatic nitrogens is 2. The Morgan fingerprint density at radius 3 is 2.58 bits per heavy atom. The van der Waals surface area contributed by atoms with Gasteiger partial charge in [0.1, 0.15) is 5.82 Å². The van der Waals surface area contributed by atoms with Crippen LogP contribution in [0.4, 0.5) is 4.39 Å². The van der Waals surface area contributed by atoms with Gasteiger partial charge in [0, 0.05) is 39.1 Å². The third-order valence-electron chi connectivity index (χ3n) is 7.14. The highest BCUT2D eigenvalue weighted by molar-refractivity contribution is 5.53. The van der Waals surface area contributed by atoms with Gasteiger partial charge in [-0.15, -0.1) is 10.2 Å². The molecule has 1 fully saturated rings. The minimum Gasteiger partial charge on any atom is -0.421 e. The molecule has 0 saturated carbocycles. The molecule has 6 heteroatoms. The fraction of sp³-hybridized carbons (Fsp3) is 0.600. The van der Waals surface area contributed by atoms with Gasteiger partial charge in [0.2, 0.25) is 5.89 Å². The summed E-state index contributed by atoms with van der Waals surface area (Å²) in [6.07, 6.45) is 4.36. The first-order valence-corrected chi connectivity index (χ1v) is 11.6. The van der Waals surface area contributed by atoms with E-state index in [0.717, 1.165) is 39.1 Å². The van der Waals surface area contributed by atoms with Crippen LogP contribution in [0.25, 0.3) is 11.5 Å². The SMILES string of the molecule is CC1=C[C@@H](CN2CCN(C)CC2)[C@H](C(C)C)C[C@H]1Cc1nnc(-c2ccccc2F)o1. The summed E-state index contributed by atoms with van der Waals surface area (Å²) in [5, 5.41) is 8.33. The average Bonchev–Trinajstić information content (AvgIpc) is 3.20. The number of benzene rings is 1. The highest BCUT2D eigenvalue weighted by Crippen LogP contribution is 2.39. The number of allylic oxidation sites excluding steroid dienone is 1. The Balaban J connectivity index is 1.45. The summed E-state index contributed by atoms with van der Waals surface area (Å²) in [5.41, 5.74) is 1.78. The van der Waals surface area contributed by atoms with Gasteiger partial charge in [-0.3, -0.25) is 0 Å². The lowest BCUT2D eigenvalue weighted by molar-refractivity contribution is 0.112. The van der Waals surface area contributed by atoms with E-state index in [9.17, 15) is 4.39 Å². The summed E-state index contributed by atoms with van der Waals surface area (Å²) < 4.78 is 19.9. The molecule has 1 aromatic carbocycles.